The largest absolute Gasteiger partial charge is 0.339 e. The summed E-state index contributed by atoms with van der Waals surface area (Å²) in [5, 5.41) is 4.64. The zero-order valence-corrected chi connectivity index (χ0v) is 16.2. The van der Waals surface area contributed by atoms with Gasteiger partial charge in [-0.2, -0.15) is 0 Å². The van der Waals surface area contributed by atoms with E-state index in [1.165, 1.54) is 22.3 Å². The van der Waals surface area contributed by atoms with E-state index in [1.54, 1.807) is 61.9 Å². The van der Waals surface area contributed by atoms with Gasteiger partial charge in [-0.15, -0.1) is 11.3 Å². The lowest BCUT2D eigenvalue weighted by molar-refractivity contribution is 0.102. The molecule has 0 aliphatic heterocycles. The lowest BCUT2D eigenvalue weighted by Gasteiger charge is -2.12. The number of thioether (sulfide) groups is 1. The third-order valence-electron chi connectivity index (χ3n) is 3.54. The molecule has 3 rings (SSSR count). The number of halogens is 1. The summed E-state index contributed by atoms with van der Waals surface area (Å²) in [6.07, 6.45) is 0. The number of nitrogens with one attached hydrogen (secondary N) is 1. The first kappa shape index (κ1) is 19.1. The summed E-state index contributed by atoms with van der Waals surface area (Å²) in [5.74, 6) is -0.804. The molecular formula is C19H16FN3O2S2. The number of carbonyl (C=O) groups is 2. The van der Waals surface area contributed by atoms with Crippen LogP contribution in [0.3, 0.4) is 0 Å². The number of anilines is 1. The fourth-order valence-corrected chi connectivity index (χ4v) is 3.74. The Morgan fingerprint density at radius 1 is 1.11 bits per heavy atom. The maximum Gasteiger partial charge on any atom is 0.286 e. The van der Waals surface area contributed by atoms with Crippen molar-refractivity contribution in [3.05, 3.63) is 65.4 Å². The van der Waals surface area contributed by atoms with Gasteiger partial charge in [0.2, 0.25) is 0 Å². The monoisotopic (exact) mass is 401 g/mol. The molecule has 2 aromatic carbocycles. The second-order valence-corrected chi connectivity index (χ2v) is 7.58. The number of aromatic nitrogens is 1. The third kappa shape index (κ3) is 4.53. The quantitative estimate of drug-likeness (QED) is 0.627. The molecule has 0 fully saturated rings. The lowest BCUT2D eigenvalue weighted by Crippen LogP contribution is -2.17. The van der Waals surface area contributed by atoms with E-state index in [1.807, 2.05) is 0 Å². The minimum atomic E-state index is -0.417. The van der Waals surface area contributed by atoms with Gasteiger partial charge < -0.3 is 10.2 Å². The fraction of sp³-hybridized carbons (Fsp3) is 0.105. The van der Waals surface area contributed by atoms with Crippen molar-refractivity contribution in [1.82, 2.24) is 9.88 Å². The molecule has 0 radical (unpaired) electrons. The Balaban J connectivity index is 1.79. The van der Waals surface area contributed by atoms with Crippen LogP contribution in [0.5, 0.6) is 0 Å². The highest BCUT2D eigenvalue weighted by atomic mass is 32.2. The van der Waals surface area contributed by atoms with E-state index in [0.29, 0.717) is 21.2 Å². The molecule has 8 heteroatoms. The first-order valence-electron chi connectivity index (χ1n) is 7.95. The maximum absolute atomic E-state index is 13.9. The van der Waals surface area contributed by atoms with Crippen LogP contribution in [0.2, 0.25) is 0 Å². The van der Waals surface area contributed by atoms with Gasteiger partial charge in [-0.05, 0) is 36.0 Å². The van der Waals surface area contributed by atoms with Gasteiger partial charge in [-0.3, -0.25) is 9.59 Å². The molecule has 0 bridgehead atoms. The van der Waals surface area contributed by atoms with Crippen LogP contribution in [0.4, 0.5) is 14.9 Å². The molecule has 1 heterocycles. The number of nitrogens with zero attached hydrogens (tertiary/aromatic N) is 2. The summed E-state index contributed by atoms with van der Waals surface area (Å²) in [7, 11) is 3.33. The van der Waals surface area contributed by atoms with Crippen LogP contribution >= 0.6 is 23.1 Å². The van der Waals surface area contributed by atoms with Gasteiger partial charge in [0.25, 0.3) is 11.1 Å². The van der Waals surface area contributed by atoms with Crippen molar-refractivity contribution in [2.75, 3.05) is 19.4 Å². The number of hydrogen-bond donors (Lipinski definition) is 1. The molecule has 0 atom stereocenters. The van der Waals surface area contributed by atoms with Crippen molar-refractivity contribution >= 4 is 39.9 Å². The van der Waals surface area contributed by atoms with E-state index in [4.69, 9.17) is 0 Å². The van der Waals surface area contributed by atoms with Gasteiger partial charge >= 0.3 is 0 Å². The Hall–Kier alpha value is -2.71. The molecule has 1 N–H and O–H groups in total. The van der Waals surface area contributed by atoms with Crippen molar-refractivity contribution < 1.29 is 14.0 Å². The molecule has 0 aliphatic rings. The van der Waals surface area contributed by atoms with Crippen LogP contribution in [-0.2, 0) is 0 Å². The standard InChI is InChI=1S/C19H16FN3O2S2/c1-23(2)19(25)27-16-10-6-5-9-14(16)21-17(24)15-11-26-18(22-15)12-7-3-4-8-13(12)20/h3-11H,1-2H3,(H,21,24). The highest BCUT2D eigenvalue weighted by Gasteiger charge is 2.17. The van der Waals surface area contributed by atoms with Crippen molar-refractivity contribution in [2.45, 2.75) is 4.90 Å². The zero-order valence-electron chi connectivity index (χ0n) is 14.6. The van der Waals surface area contributed by atoms with Gasteiger partial charge in [0.1, 0.15) is 16.5 Å². The number of amides is 2. The second kappa shape index (κ2) is 8.32. The number of rotatable bonds is 4. The Labute approximate surface area is 164 Å². The molecule has 0 aliphatic carbocycles. The molecule has 27 heavy (non-hydrogen) atoms. The van der Waals surface area contributed by atoms with Crippen LogP contribution in [-0.4, -0.2) is 35.1 Å². The topological polar surface area (TPSA) is 62.3 Å². The molecule has 1 aromatic heterocycles. The Morgan fingerprint density at radius 2 is 1.81 bits per heavy atom. The van der Waals surface area contributed by atoms with E-state index in [2.05, 4.69) is 10.3 Å². The Kier molecular flexibility index (Phi) is 5.88. The molecule has 2 amide bonds. The van der Waals surface area contributed by atoms with E-state index < -0.39 is 5.91 Å². The van der Waals surface area contributed by atoms with Crippen molar-refractivity contribution in [1.29, 1.82) is 0 Å². The average Bonchev–Trinajstić information content (AvgIpc) is 3.13. The second-order valence-electron chi connectivity index (χ2n) is 5.73. The van der Waals surface area contributed by atoms with Gasteiger partial charge in [0, 0.05) is 29.9 Å². The van der Waals surface area contributed by atoms with Crippen LogP contribution in [0, 0.1) is 5.82 Å². The zero-order chi connectivity index (χ0) is 19.4. The fourth-order valence-electron chi connectivity index (χ4n) is 2.17. The maximum atomic E-state index is 13.9. The number of benzene rings is 2. The van der Waals surface area contributed by atoms with Crippen molar-refractivity contribution in [3.8, 4) is 10.6 Å². The highest BCUT2D eigenvalue weighted by molar-refractivity contribution is 8.13. The highest BCUT2D eigenvalue weighted by Crippen LogP contribution is 2.30. The normalized spacial score (nSPS) is 10.5. The van der Waals surface area contributed by atoms with E-state index in [-0.39, 0.29) is 16.8 Å². The number of carbonyl (C=O) groups excluding carboxylic acids is 2. The molecule has 0 unspecified atom stereocenters. The average molecular weight is 401 g/mol. The number of thiazole rings is 1. The predicted octanol–water partition coefficient (Wildman–Crippen LogP) is 4.98. The van der Waals surface area contributed by atoms with Crippen LogP contribution in [0.15, 0.2) is 58.8 Å². The molecule has 3 aromatic rings. The van der Waals surface area contributed by atoms with Crippen LogP contribution in [0.1, 0.15) is 10.5 Å². The summed E-state index contributed by atoms with van der Waals surface area (Å²) in [6, 6.07) is 13.3. The Bertz CT molecular complexity index is 988. The lowest BCUT2D eigenvalue weighted by atomic mass is 10.2. The molecule has 0 saturated carbocycles. The summed E-state index contributed by atoms with van der Waals surface area (Å²) < 4.78 is 13.9. The summed E-state index contributed by atoms with van der Waals surface area (Å²) in [4.78, 5) is 30.8. The predicted molar refractivity (Wildman–Crippen MR) is 107 cm³/mol. The molecule has 0 saturated heterocycles. The molecule has 5 nitrogen and oxygen atoms in total. The molecule has 138 valence electrons. The Morgan fingerprint density at radius 3 is 2.56 bits per heavy atom. The third-order valence-corrected chi connectivity index (χ3v) is 5.53. The van der Waals surface area contributed by atoms with Gasteiger partial charge in [-0.25, -0.2) is 9.37 Å². The number of hydrogen-bond acceptors (Lipinski definition) is 5. The van der Waals surface area contributed by atoms with Gasteiger partial charge in [0.05, 0.1) is 5.69 Å². The molecule has 0 spiro atoms. The van der Waals surface area contributed by atoms with Crippen LogP contribution in [0.25, 0.3) is 10.6 Å². The van der Waals surface area contributed by atoms with E-state index >= 15 is 0 Å². The van der Waals surface area contributed by atoms with Crippen molar-refractivity contribution in [3.63, 3.8) is 0 Å². The first-order valence-corrected chi connectivity index (χ1v) is 9.65. The van der Waals surface area contributed by atoms with E-state index in [9.17, 15) is 14.0 Å². The molecular weight excluding hydrogens is 385 g/mol. The van der Waals surface area contributed by atoms with Gasteiger partial charge in [0.15, 0.2) is 0 Å². The number of para-hydroxylation sites is 1. The minimum absolute atomic E-state index is 0.146. The summed E-state index contributed by atoms with van der Waals surface area (Å²) in [5.41, 5.74) is 1.06. The smallest absolute Gasteiger partial charge is 0.286 e. The summed E-state index contributed by atoms with van der Waals surface area (Å²) in [6.45, 7) is 0. The van der Waals surface area contributed by atoms with Crippen LogP contribution < -0.4 is 5.32 Å². The SMILES string of the molecule is CN(C)C(=O)Sc1ccccc1NC(=O)c1csc(-c2ccccc2F)n1. The van der Waals surface area contributed by atoms with E-state index in [0.717, 1.165) is 11.8 Å². The van der Waals surface area contributed by atoms with Crippen molar-refractivity contribution in [2.24, 2.45) is 0 Å². The minimum Gasteiger partial charge on any atom is -0.339 e. The summed E-state index contributed by atoms with van der Waals surface area (Å²) >= 11 is 2.22. The first-order chi connectivity index (χ1) is 13.0. The van der Waals surface area contributed by atoms with Gasteiger partial charge in [-0.1, -0.05) is 24.3 Å².